The largest absolute Gasteiger partial charge is 0.391 e. The third-order valence-electron chi connectivity index (χ3n) is 2.26. The molecule has 1 aliphatic heterocycles. The second-order valence-electron chi connectivity index (χ2n) is 3.29. The van der Waals surface area contributed by atoms with Crippen molar-refractivity contribution in [3.63, 3.8) is 0 Å². The average Bonchev–Trinajstić information content (AvgIpc) is 2.73. The van der Waals surface area contributed by atoms with E-state index in [0.717, 1.165) is 9.35 Å². The van der Waals surface area contributed by atoms with E-state index in [0.29, 0.717) is 19.5 Å². The van der Waals surface area contributed by atoms with Crippen molar-refractivity contribution in [1.82, 2.24) is 4.90 Å². The molecule has 1 atom stereocenters. The molecule has 3 nitrogen and oxygen atoms in total. The van der Waals surface area contributed by atoms with Crippen LogP contribution in [0, 0.1) is 0 Å². The number of rotatable bonds is 1. The first-order chi connectivity index (χ1) is 6.68. The second kappa shape index (κ2) is 4.00. The number of nitrogens with zero attached hydrogens (tertiary/aromatic N) is 1. The van der Waals surface area contributed by atoms with E-state index in [1.165, 1.54) is 11.3 Å². The molecule has 1 fully saturated rings. The van der Waals surface area contributed by atoms with Crippen molar-refractivity contribution >= 4 is 33.2 Å². The Balaban J connectivity index is 2.13. The summed E-state index contributed by atoms with van der Waals surface area (Å²) in [6, 6.07) is 1.87. The minimum absolute atomic E-state index is 0.0171. The summed E-state index contributed by atoms with van der Waals surface area (Å²) in [4.78, 5) is 14.3. The number of aliphatic hydroxyl groups is 1. The summed E-state index contributed by atoms with van der Waals surface area (Å²) in [5, 5.41) is 11.2. The molecule has 1 saturated heterocycles. The van der Waals surface area contributed by atoms with E-state index in [4.69, 9.17) is 0 Å². The zero-order chi connectivity index (χ0) is 10.1. The molecule has 2 heterocycles. The van der Waals surface area contributed by atoms with Gasteiger partial charge in [-0.15, -0.1) is 11.3 Å². The molecular weight excluding hydrogens is 266 g/mol. The van der Waals surface area contributed by atoms with Crippen LogP contribution < -0.4 is 0 Å². The summed E-state index contributed by atoms with van der Waals surface area (Å²) in [6.45, 7) is 1.12. The van der Waals surface area contributed by atoms with E-state index >= 15 is 0 Å². The Bertz CT molecular complexity index is 352. The number of likely N-dealkylation sites (tertiary alicyclic amines) is 1. The number of carbonyl (C=O) groups is 1. The van der Waals surface area contributed by atoms with Crippen LogP contribution in [-0.2, 0) is 0 Å². The molecule has 76 valence electrons. The van der Waals surface area contributed by atoms with Crippen LogP contribution in [0.25, 0.3) is 0 Å². The van der Waals surface area contributed by atoms with E-state index in [1.54, 1.807) is 4.90 Å². The zero-order valence-electron chi connectivity index (χ0n) is 7.44. The molecule has 5 heteroatoms. The fourth-order valence-corrected chi connectivity index (χ4v) is 3.02. The van der Waals surface area contributed by atoms with Crippen LogP contribution in [0.5, 0.6) is 0 Å². The Kier molecular flexibility index (Phi) is 2.90. The van der Waals surface area contributed by atoms with Gasteiger partial charge in [0.05, 0.1) is 6.10 Å². The number of carbonyl (C=O) groups excluding carboxylic acids is 1. The summed E-state index contributed by atoms with van der Waals surface area (Å²) < 4.78 is 0.842. The van der Waals surface area contributed by atoms with Gasteiger partial charge in [-0.25, -0.2) is 0 Å². The monoisotopic (exact) mass is 275 g/mol. The van der Waals surface area contributed by atoms with Gasteiger partial charge in [-0.2, -0.15) is 0 Å². The van der Waals surface area contributed by atoms with Crippen LogP contribution in [0.1, 0.15) is 16.1 Å². The summed E-state index contributed by atoms with van der Waals surface area (Å²) in [5.41, 5.74) is 0. The topological polar surface area (TPSA) is 40.5 Å². The smallest absolute Gasteiger partial charge is 0.265 e. The number of halogens is 1. The summed E-state index contributed by atoms with van der Waals surface area (Å²) in [6.07, 6.45) is 0.340. The molecule has 14 heavy (non-hydrogen) atoms. The lowest BCUT2D eigenvalue weighted by Gasteiger charge is -2.14. The van der Waals surface area contributed by atoms with Crippen molar-refractivity contribution < 1.29 is 9.90 Å². The van der Waals surface area contributed by atoms with Crippen molar-refractivity contribution in [1.29, 1.82) is 0 Å². The summed E-state index contributed by atoms with van der Waals surface area (Å²) >= 11 is 4.76. The Labute approximate surface area is 94.5 Å². The highest BCUT2D eigenvalue weighted by Gasteiger charge is 2.26. The van der Waals surface area contributed by atoms with Gasteiger partial charge < -0.3 is 10.0 Å². The average molecular weight is 276 g/mol. The number of β-amino-alcohol motifs (C(OH)–C–C–N with tert-alkyl or cyclic N) is 1. The first kappa shape index (κ1) is 10.1. The fourth-order valence-electron chi connectivity index (χ4n) is 1.52. The van der Waals surface area contributed by atoms with E-state index < -0.39 is 0 Å². The highest BCUT2D eigenvalue weighted by molar-refractivity contribution is 9.10. The maximum atomic E-state index is 11.9. The van der Waals surface area contributed by atoms with Gasteiger partial charge in [0, 0.05) is 17.6 Å². The van der Waals surface area contributed by atoms with Crippen LogP contribution in [-0.4, -0.2) is 35.1 Å². The molecule has 1 aromatic rings. The molecule has 0 aromatic carbocycles. The molecular formula is C9H10BrNO2S. The quantitative estimate of drug-likeness (QED) is 0.848. The highest BCUT2D eigenvalue weighted by atomic mass is 79.9. The lowest BCUT2D eigenvalue weighted by Crippen LogP contribution is -2.29. The first-order valence-electron chi connectivity index (χ1n) is 4.39. The maximum absolute atomic E-state index is 11.9. The van der Waals surface area contributed by atoms with Gasteiger partial charge in [0.2, 0.25) is 0 Å². The zero-order valence-corrected chi connectivity index (χ0v) is 9.84. The van der Waals surface area contributed by atoms with E-state index in [-0.39, 0.29) is 12.0 Å². The van der Waals surface area contributed by atoms with Gasteiger partial charge in [-0.05, 0) is 33.8 Å². The predicted octanol–water partition coefficient (Wildman–Crippen LogP) is 1.72. The van der Waals surface area contributed by atoms with E-state index in [1.807, 2.05) is 11.4 Å². The number of amides is 1. The van der Waals surface area contributed by atoms with Crippen LogP contribution in [0.4, 0.5) is 0 Å². The standard InChI is InChI=1S/C9H10BrNO2S/c10-7-2-4-14-8(7)9(13)11-3-1-6(12)5-11/h2,4,6,12H,1,3,5H2/t6-/m1/s1. The number of thiophene rings is 1. The fraction of sp³-hybridized carbons (Fsp3) is 0.444. The SMILES string of the molecule is O=C(c1sccc1Br)N1CC[C@@H](O)C1. The van der Waals surface area contributed by atoms with Crippen LogP contribution >= 0.6 is 27.3 Å². The van der Waals surface area contributed by atoms with Crippen molar-refractivity contribution in [2.24, 2.45) is 0 Å². The molecule has 1 N–H and O–H groups in total. The second-order valence-corrected chi connectivity index (χ2v) is 5.06. The summed E-state index contributed by atoms with van der Waals surface area (Å²) in [7, 11) is 0. The molecule has 0 saturated carbocycles. The molecule has 0 bridgehead atoms. The maximum Gasteiger partial charge on any atom is 0.265 e. The van der Waals surface area contributed by atoms with Gasteiger partial charge in [0.25, 0.3) is 5.91 Å². The lowest BCUT2D eigenvalue weighted by atomic mass is 10.3. The number of aliphatic hydroxyl groups excluding tert-OH is 1. The summed E-state index contributed by atoms with van der Waals surface area (Å²) in [5.74, 6) is 0.0171. The Morgan fingerprint density at radius 3 is 3.00 bits per heavy atom. The number of hydrogen-bond acceptors (Lipinski definition) is 3. The molecule has 0 radical (unpaired) electrons. The molecule has 1 aromatic heterocycles. The molecule has 1 amide bonds. The minimum Gasteiger partial charge on any atom is -0.391 e. The normalized spacial score (nSPS) is 21.6. The van der Waals surface area contributed by atoms with Gasteiger partial charge in [-0.1, -0.05) is 0 Å². The van der Waals surface area contributed by atoms with Crippen LogP contribution in [0.2, 0.25) is 0 Å². The molecule has 0 unspecified atom stereocenters. The Morgan fingerprint density at radius 2 is 2.50 bits per heavy atom. The molecule has 2 rings (SSSR count). The lowest BCUT2D eigenvalue weighted by molar-refractivity contribution is 0.0769. The van der Waals surface area contributed by atoms with Crippen LogP contribution in [0.3, 0.4) is 0 Å². The van der Waals surface area contributed by atoms with Crippen molar-refractivity contribution in [3.05, 3.63) is 20.8 Å². The van der Waals surface area contributed by atoms with E-state index in [2.05, 4.69) is 15.9 Å². The Hall–Kier alpha value is -0.390. The van der Waals surface area contributed by atoms with Gasteiger partial charge in [0.15, 0.2) is 0 Å². The van der Waals surface area contributed by atoms with E-state index in [9.17, 15) is 9.90 Å². The molecule has 0 aliphatic carbocycles. The van der Waals surface area contributed by atoms with Crippen molar-refractivity contribution in [3.8, 4) is 0 Å². The van der Waals surface area contributed by atoms with Crippen molar-refractivity contribution in [2.45, 2.75) is 12.5 Å². The molecule has 0 spiro atoms. The van der Waals surface area contributed by atoms with Gasteiger partial charge in [0.1, 0.15) is 4.88 Å². The Morgan fingerprint density at radius 1 is 1.71 bits per heavy atom. The first-order valence-corrected chi connectivity index (χ1v) is 6.06. The minimum atomic E-state index is -0.349. The third-order valence-corrected chi connectivity index (χ3v) is 4.09. The molecule has 1 aliphatic rings. The van der Waals surface area contributed by atoms with Gasteiger partial charge in [-0.3, -0.25) is 4.79 Å². The van der Waals surface area contributed by atoms with Crippen LogP contribution in [0.15, 0.2) is 15.9 Å². The van der Waals surface area contributed by atoms with Gasteiger partial charge >= 0.3 is 0 Å². The van der Waals surface area contributed by atoms with Crippen molar-refractivity contribution in [2.75, 3.05) is 13.1 Å². The third kappa shape index (κ3) is 1.85. The predicted molar refractivity (Wildman–Crippen MR) is 58.5 cm³/mol. The highest BCUT2D eigenvalue weighted by Crippen LogP contribution is 2.25. The number of hydrogen-bond donors (Lipinski definition) is 1.